The van der Waals surface area contributed by atoms with E-state index >= 15 is 0 Å². The minimum absolute atomic E-state index is 0.278. The molecule has 2 aromatic rings. The Hall–Kier alpha value is -2.02. The van der Waals surface area contributed by atoms with Crippen LogP contribution in [0.5, 0.6) is 5.75 Å². The number of carbonyl (C=O) groups is 2. The fourth-order valence-electron chi connectivity index (χ4n) is 2.16. The van der Waals surface area contributed by atoms with Crippen molar-refractivity contribution in [1.82, 2.24) is 0 Å². The third-order valence-corrected chi connectivity index (χ3v) is 3.85. The van der Waals surface area contributed by atoms with Gasteiger partial charge >= 0.3 is 11.9 Å². The van der Waals surface area contributed by atoms with E-state index in [0.29, 0.717) is 32.5 Å². The highest BCUT2D eigenvalue weighted by atomic mass is 79.9. The van der Waals surface area contributed by atoms with Crippen LogP contribution in [0.15, 0.2) is 21.0 Å². The fraction of sp³-hybridized carbons (Fsp3) is 0.375. The maximum absolute atomic E-state index is 11.9. The average molecular weight is 385 g/mol. The van der Waals surface area contributed by atoms with Gasteiger partial charge in [-0.15, -0.1) is 0 Å². The van der Waals surface area contributed by atoms with Crippen LogP contribution in [0.1, 0.15) is 30.0 Å². The van der Waals surface area contributed by atoms with Crippen LogP contribution in [0, 0.1) is 6.92 Å². The summed E-state index contributed by atoms with van der Waals surface area (Å²) in [5.41, 5.74) is 0.856. The first-order valence-corrected chi connectivity index (χ1v) is 7.82. The topological polar surface area (TPSA) is 75.0 Å². The smallest absolute Gasteiger partial charge is 0.347 e. The summed E-state index contributed by atoms with van der Waals surface area (Å²) >= 11 is 3.37. The van der Waals surface area contributed by atoms with Crippen molar-refractivity contribution < 1.29 is 28.2 Å². The molecule has 0 aliphatic carbocycles. The monoisotopic (exact) mass is 384 g/mol. The molecular formula is C16H17BrO6. The van der Waals surface area contributed by atoms with Gasteiger partial charge in [-0.25, -0.2) is 9.59 Å². The van der Waals surface area contributed by atoms with E-state index in [9.17, 15) is 9.59 Å². The lowest BCUT2D eigenvalue weighted by Crippen LogP contribution is -2.26. The molecule has 2 rings (SSSR count). The Morgan fingerprint density at radius 1 is 1.35 bits per heavy atom. The lowest BCUT2D eigenvalue weighted by molar-refractivity contribution is -0.150. The Bertz CT molecular complexity index is 749. The molecule has 124 valence electrons. The van der Waals surface area contributed by atoms with Crippen molar-refractivity contribution in [2.75, 3.05) is 13.7 Å². The second-order valence-electron chi connectivity index (χ2n) is 4.82. The molecule has 1 heterocycles. The van der Waals surface area contributed by atoms with E-state index < -0.39 is 18.0 Å². The summed E-state index contributed by atoms with van der Waals surface area (Å²) in [6.07, 6.45) is -0.779. The van der Waals surface area contributed by atoms with Gasteiger partial charge in [-0.2, -0.15) is 0 Å². The molecule has 0 N–H and O–H groups in total. The van der Waals surface area contributed by atoms with Crippen LogP contribution in [-0.4, -0.2) is 31.8 Å². The summed E-state index contributed by atoms with van der Waals surface area (Å²) < 4.78 is 21.5. The lowest BCUT2D eigenvalue weighted by Gasteiger charge is -2.14. The number of furan rings is 1. The molecule has 0 spiro atoms. The second-order valence-corrected chi connectivity index (χ2v) is 5.67. The third kappa shape index (κ3) is 3.50. The number of methoxy groups -OCH3 is 1. The molecule has 1 aromatic carbocycles. The minimum atomic E-state index is -0.779. The van der Waals surface area contributed by atoms with Gasteiger partial charge in [0.15, 0.2) is 6.10 Å². The van der Waals surface area contributed by atoms with E-state index in [4.69, 9.17) is 18.6 Å². The molecule has 0 unspecified atom stereocenters. The van der Waals surface area contributed by atoms with Crippen LogP contribution in [0.4, 0.5) is 0 Å². The molecule has 1 aromatic heterocycles. The van der Waals surface area contributed by atoms with Crippen molar-refractivity contribution in [3.63, 3.8) is 0 Å². The number of hydrogen-bond donors (Lipinski definition) is 0. The number of halogens is 1. The quantitative estimate of drug-likeness (QED) is 0.732. The molecule has 0 saturated heterocycles. The predicted molar refractivity (Wildman–Crippen MR) is 86.7 cm³/mol. The van der Waals surface area contributed by atoms with E-state index in [1.165, 1.54) is 7.11 Å². The zero-order valence-corrected chi connectivity index (χ0v) is 14.9. The van der Waals surface area contributed by atoms with Gasteiger partial charge < -0.3 is 18.6 Å². The molecule has 23 heavy (non-hydrogen) atoms. The van der Waals surface area contributed by atoms with Gasteiger partial charge in [0, 0.05) is 5.39 Å². The number of hydrogen-bond acceptors (Lipinski definition) is 6. The van der Waals surface area contributed by atoms with Gasteiger partial charge in [0.1, 0.15) is 22.7 Å². The van der Waals surface area contributed by atoms with Crippen LogP contribution >= 0.6 is 15.9 Å². The number of fused-ring (bicyclic) bond motifs is 1. The van der Waals surface area contributed by atoms with Crippen molar-refractivity contribution >= 4 is 38.8 Å². The van der Waals surface area contributed by atoms with Crippen molar-refractivity contribution in [2.24, 2.45) is 0 Å². The van der Waals surface area contributed by atoms with Crippen molar-refractivity contribution in [3.05, 3.63) is 27.9 Å². The number of aryl methyl sites for hydroxylation is 1. The largest absolute Gasteiger partial charge is 0.478 e. The number of carbonyl (C=O) groups excluding carboxylic acids is 2. The molecule has 0 bridgehead atoms. The Morgan fingerprint density at radius 3 is 2.65 bits per heavy atom. The summed E-state index contributed by atoms with van der Waals surface area (Å²) in [5.74, 6) is -0.0950. The molecule has 1 atom stereocenters. The SMILES string of the molecule is CCOC(=O)[C@@H](C)Oc1cc2c(C(=O)OC)c(C)oc2cc1Br. The Kier molecular flexibility index (Phi) is 5.30. The summed E-state index contributed by atoms with van der Waals surface area (Å²) in [6.45, 7) is 5.28. The summed E-state index contributed by atoms with van der Waals surface area (Å²) in [5, 5.41) is 0.559. The van der Waals surface area contributed by atoms with Crippen LogP contribution in [0.25, 0.3) is 11.0 Å². The first-order chi connectivity index (χ1) is 10.9. The van der Waals surface area contributed by atoms with E-state index in [0.717, 1.165) is 0 Å². The van der Waals surface area contributed by atoms with Crippen LogP contribution < -0.4 is 4.74 Å². The van der Waals surface area contributed by atoms with Gasteiger partial charge in [-0.05, 0) is 48.8 Å². The molecule has 0 saturated carbocycles. The van der Waals surface area contributed by atoms with Crippen molar-refractivity contribution in [2.45, 2.75) is 26.9 Å². The van der Waals surface area contributed by atoms with Gasteiger partial charge in [0.2, 0.25) is 0 Å². The standard InChI is InChI=1S/C16H17BrO6/c1-5-21-15(18)9(3)23-13-6-10-12(7-11(13)17)22-8(2)14(10)16(19)20-4/h6-7,9H,5H2,1-4H3/t9-/m1/s1. The summed E-state index contributed by atoms with van der Waals surface area (Å²) in [6, 6.07) is 3.32. The molecule has 0 amide bonds. The fourth-order valence-corrected chi connectivity index (χ4v) is 2.58. The Morgan fingerprint density at radius 2 is 2.04 bits per heavy atom. The maximum atomic E-state index is 11.9. The number of benzene rings is 1. The minimum Gasteiger partial charge on any atom is -0.478 e. The summed E-state index contributed by atoms with van der Waals surface area (Å²) in [7, 11) is 1.31. The third-order valence-electron chi connectivity index (χ3n) is 3.23. The number of ether oxygens (including phenoxy) is 3. The highest BCUT2D eigenvalue weighted by molar-refractivity contribution is 9.10. The molecule has 0 aliphatic rings. The highest BCUT2D eigenvalue weighted by Gasteiger charge is 2.22. The predicted octanol–water partition coefficient (Wildman–Crippen LogP) is 3.62. The van der Waals surface area contributed by atoms with E-state index in [-0.39, 0.29) is 6.61 Å². The van der Waals surface area contributed by atoms with E-state index in [1.54, 1.807) is 32.9 Å². The zero-order chi connectivity index (χ0) is 17.1. The van der Waals surface area contributed by atoms with E-state index in [2.05, 4.69) is 15.9 Å². The first kappa shape index (κ1) is 17.3. The lowest BCUT2D eigenvalue weighted by atomic mass is 10.1. The average Bonchev–Trinajstić information content (AvgIpc) is 2.82. The molecule has 7 heteroatoms. The normalized spacial score (nSPS) is 12.0. The van der Waals surface area contributed by atoms with Crippen LogP contribution in [0.2, 0.25) is 0 Å². The molecule has 0 radical (unpaired) electrons. The second kappa shape index (κ2) is 7.04. The molecule has 0 aliphatic heterocycles. The van der Waals surface area contributed by atoms with Crippen LogP contribution in [0.3, 0.4) is 0 Å². The van der Waals surface area contributed by atoms with E-state index in [1.807, 2.05) is 0 Å². The maximum Gasteiger partial charge on any atom is 0.347 e. The molecule has 0 fully saturated rings. The van der Waals surface area contributed by atoms with Gasteiger partial charge in [-0.3, -0.25) is 0 Å². The number of rotatable bonds is 5. The first-order valence-electron chi connectivity index (χ1n) is 7.03. The zero-order valence-electron chi connectivity index (χ0n) is 13.3. The summed E-state index contributed by atoms with van der Waals surface area (Å²) in [4.78, 5) is 23.6. The highest BCUT2D eigenvalue weighted by Crippen LogP contribution is 2.35. The molecule has 6 nitrogen and oxygen atoms in total. The van der Waals surface area contributed by atoms with Gasteiger partial charge in [0.25, 0.3) is 0 Å². The van der Waals surface area contributed by atoms with Crippen molar-refractivity contribution in [3.8, 4) is 5.75 Å². The molecular weight excluding hydrogens is 368 g/mol. The van der Waals surface area contributed by atoms with Gasteiger partial charge in [-0.1, -0.05) is 0 Å². The Labute approximate surface area is 141 Å². The number of esters is 2. The van der Waals surface area contributed by atoms with Crippen LogP contribution in [-0.2, 0) is 14.3 Å². The Balaban J connectivity index is 2.43. The van der Waals surface area contributed by atoms with Gasteiger partial charge in [0.05, 0.1) is 18.2 Å². The van der Waals surface area contributed by atoms with Crippen molar-refractivity contribution in [1.29, 1.82) is 0 Å².